The number of imidazole rings is 1. The lowest BCUT2D eigenvalue weighted by molar-refractivity contribution is 0.368. The van der Waals surface area contributed by atoms with Gasteiger partial charge in [0.2, 0.25) is 0 Å². The van der Waals surface area contributed by atoms with Crippen molar-refractivity contribution >= 4 is 11.0 Å². The van der Waals surface area contributed by atoms with Crippen LogP contribution >= 0.6 is 0 Å². The summed E-state index contributed by atoms with van der Waals surface area (Å²) in [5, 5.41) is 12.8. The predicted molar refractivity (Wildman–Crippen MR) is 65.4 cm³/mol. The first-order valence-electron chi connectivity index (χ1n) is 5.89. The van der Waals surface area contributed by atoms with Gasteiger partial charge in [0, 0.05) is 12.1 Å². The number of nitrogens with one attached hydrogen (secondary N) is 2. The maximum atomic E-state index is 12.0. The van der Waals surface area contributed by atoms with E-state index in [2.05, 4.69) is 10.3 Å². The average Bonchev–Trinajstić information content (AvgIpc) is 2.65. The lowest BCUT2D eigenvalue weighted by Gasteiger charge is -2.23. The Kier molecular flexibility index (Phi) is 2.40. The Hall–Kier alpha value is -1.75. The second-order valence-electron chi connectivity index (χ2n) is 4.48. The van der Waals surface area contributed by atoms with Gasteiger partial charge in [-0.05, 0) is 38.1 Å². The summed E-state index contributed by atoms with van der Waals surface area (Å²) in [5.41, 5.74) is 1.49. The van der Waals surface area contributed by atoms with E-state index in [0.717, 1.165) is 37.0 Å². The molecule has 0 spiro atoms. The van der Waals surface area contributed by atoms with Crippen molar-refractivity contribution in [1.82, 2.24) is 14.9 Å². The van der Waals surface area contributed by atoms with Crippen molar-refractivity contribution in [3.63, 3.8) is 0 Å². The third-order valence-electron chi connectivity index (χ3n) is 3.38. The van der Waals surface area contributed by atoms with Crippen LogP contribution in [0.4, 0.5) is 0 Å². The minimum Gasteiger partial charge on any atom is -0.508 e. The van der Waals surface area contributed by atoms with E-state index in [0.29, 0.717) is 0 Å². The molecule has 3 rings (SSSR count). The highest BCUT2D eigenvalue weighted by molar-refractivity contribution is 5.77. The van der Waals surface area contributed by atoms with Crippen LogP contribution in [-0.2, 0) is 0 Å². The number of aromatic nitrogens is 2. The van der Waals surface area contributed by atoms with Crippen molar-refractivity contribution in [2.75, 3.05) is 13.1 Å². The highest BCUT2D eigenvalue weighted by Gasteiger charge is 2.19. The molecule has 1 fully saturated rings. The Labute approximate surface area is 98.1 Å². The van der Waals surface area contributed by atoms with Crippen molar-refractivity contribution in [2.45, 2.75) is 18.9 Å². The van der Waals surface area contributed by atoms with E-state index in [1.807, 2.05) is 0 Å². The van der Waals surface area contributed by atoms with E-state index in [1.165, 1.54) is 0 Å². The van der Waals surface area contributed by atoms with Crippen molar-refractivity contribution in [3.05, 3.63) is 28.7 Å². The SMILES string of the molecule is O=c1[nH]c2ccc(O)cc2n1C1CCNCC1. The number of hydrogen-bond donors (Lipinski definition) is 3. The van der Waals surface area contributed by atoms with Gasteiger partial charge in [0.25, 0.3) is 0 Å². The van der Waals surface area contributed by atoms with E-state index >= 15 is 0 Å². The number of H-pyrrole nitrogens is 1. The lowest BCUT2D eigenvalue weighted by Crippen LogP contribution is -2.33. The summed E-state index contributed by atoms with van der Waals surface area (Å²) in [6, 6.07) is 5.20. The van der Waals surface area contributed by atoms with E-state index in [1.54, 1.807) is 22.8 Å². The molecule has 3 N–H and O–H groups in total. The normalized spacial score (nSPS) is 17.6. The summed E-state index contributed by atoms with van der Waals surface area (Å²) in [5.74, 6) is 0.194. The Morgan fingerprint density at radius 3 is 2.82 bits per heavy atom. The fourth-order valence-electron chi connectivity index (χ4n) is 2.54. The van der Waals surface area contributed by atoms with Crippen LogP contribution in [0, 0.1) is 0 Å². The molecule has 17 heavy (non-hydrogen) atoms. The molecule has 0 atom stereocenters. The smallest absolute Gasteiger partial charge is 0.326 e. The minimum atomic E-state index is -0.0856. The number of aromatic amines is 1. The molecular formula is C12H15N3O2. The zero-order valence-electron chi connectivity index (χ0n) is 9.44. The number of benzene rings is 1. The Morgan fingerprint density at radius 1 is 1.29 bits per heavy atom. The first kappa shape index (κ1) is 10.4. The molecule has 0 aliphatic carbocycles. The summed E-state index contributed by atoms with van der Waals surface area (Å²) in [4.78, 5) is 14.8. The second kappa shape index (κ2) is 3.92. The van der Waals surface area contributed by atoms with Gasteiger partial charge in [-0.1, -0.05) is 0 Å². The van der Waals surface area contributed by atoms with E-state index < -0.39 is 0 Å². The molecular weight excluding hydrogens is 218 g/mol. The van der Waals surface area contributed by atoms with Crippen LogP contribution in [0.2, 0.25) is 0 Å². The molecule has 1 saturated heterocycles. The molecule has 2 aromatic rings. The van der Waals surface area contributed by atoms with Crippen molar-refractivity contribution in [3.8, 4) is 5.75 Å². The summed E-state index contributed by atoms with van der Waals surface area (Å²) in [6.45, 7) is 1.87. The molecule has 5 heteroatoms. The Bertz CT molecular complexity index is 593. The number of phenolic OH excluding ortho intramolecular Hbond substituents is 1. The van der Waals surface area contributed by atoms with Crippen LogP contribution in [0.15, 0.2) is 23.0 Å². The van der Waals surface area contributed by atoms with Gasteiger partial charge >= 0.3 is 5.69 Å². The fourth-order valence-corrected chi connectivity index (χ4v) is 2.54. The quantitative estimate of drug-likeness (QED) is 0.687. The molecule has 0 radical (unpaired) electrons. The van der Waals surface area contributed by atoms with Crippen LogP contribution in [0.5, 0.6) is 5.75 Å². The molecule has 0 bridgehead atoms. The van der Waals surface area contributed by atoms with E-state index in [4.69, 9.17) is 0 Å². The number of fused-ring (bicyclic) bond motifs is 1. The van der Waals surface area contributed by atoms with Gasteiger partial charge < -0.3 is 15.4 Å². The minimum absolute atomic E-state index is 0.0856. The summed E-state index contributed by atoms with van der Waals surface area (Å²) in [6.07, 6.45) is 1.89. The van der Waals surface area contributed by atoms with Gasteiger partial charge in [-0.25, -0.2) is 4.79 Å². The first-order valence-corrected chi connectivity index (χ1v) is 5.89. The molecule has 1 aromatic carbocycles. The maximum Gasteiger partial charge on any atom is 0.326 e. The molecule has 2 heterocycles. The molecule has 1 aliphatic heterocycles. The number of piperidine rings is 1. The largest absolute Gasteiger partial charge is 0.508 e. The van der Waals surface area contributed by atoms with E-state index in [9.17, 15) is 9.90 Å². The van der Waals surface area contributed by atoms with E-state index in [-0.39, 0.29) is 17.5 Å². The number of rotatable bonds is 1. The zero-order chi connectivity index (χ0) is 11.8. The third-order valence-corrected chi connectivity index (χ3v) is 3.38. The fraction of sp³-hybridized carbons (Fsp3) is 0.417. The molecule has 90 valence electrons. The summed E-state index contributed by atoms with van der Waals surface area (Å²) >= 11 is 0. The third kappa shape index (κ3) is 1.72. The number of hydrogen-bond acceptors (Lipinski definition) is 3. The molecule has 5 nitrogen and oxygen atoms in total. The van der Waals surface area contributed by atoms with Crippen LogP contribution in [0.1, 0.15) is 18.9 Å². The predicted octanol–water partition coefficient (Wildman–Crippen LogP) is 0.960. The van der Waals surface area contributed by atoms with Crippen molar-refractivity contribution in [1.29, 1.82) is 0 Å². The molecule has 1 aliphatic rings. The number of aromatic hydroxyl groups is 1. The summed E-state index contributed by atoms with van der Waals surface area (Å²) in [7, 11) is 0. The van der Waals surface area contributed by atoms with Crippen molar-refractivity contribution < 1.29 is 5.11 Å². The van der Waals surface area contributed by atoms with Gasteiger partial charge in [0.15, 0.2) is 0 Å². The average molecular weight is 233 g/mol. The molecule has 1 aromatic heterocycles. The molecule has 0 unspecified atom stereocenters. The highest BCUT2D eigenvalue weighted by atomic mass is 16.3. The molecule has 0 amide bonds. The highest BCUT2D eigenvalue weighted by Crippen LogP contribution is 2.24. The first-order chi connectivity index (χ1) is 8.25. The molecule has 0 saturated carbocycles. The number of nitrogens with zero attached hydrogens (tertiary/aromatic N) is 1. The maximum absolute atomic E-state index is 12.0. The van der Waals surface area contributed by atoms with Gasteiger partial charge in [-0.3, -0.25) is 4.57 Å². The van der Waals surface area contributed by atoms with Crippen LogP contribution in [0.25, 0.3) is 11.0 Å². The Balaban J connectivity index is 2.16. The monoisotopic (exact) mass is 233 g/mol. The van der Waals surface area contributed by atoms with Crippen LogP contribution in [0.3, 0.4) is 0 Å². The van der Waals surface area contributed by atoms with Crippen LogP contribution in [-0.4, -0.2) is 27.7 Å². The van der Waals surface area contributed by atoms with Gasteiger partial charge in [0.1, 0.15) is 5.75 Å². The van der Waals surface area contributed by atoms with Gasteiger partial charge in [-0.2, -0.15) is 0 Å². The van der Waals surface area contributed by atoms with Crippen molar-refractivity contribution in [2.24, 2.45) is 0 Å². The zero-order valence-corrected chi connectivity index (χ0v) is 9.44. The standard InChI is InChI=1S/C12H15N3O2/c16-9-1-2-10-11(7-9)15(12(17)14-10)8-3-5-13-6-4-8/h1-2,7-8,13,16H,3-6H2,(H,14,17). The lowest BCUT2D eigenvalue weighted by atomic mass is 10.1. The van der Waals surface area contributed by atoms with Crippen LogP contribution < -0.4 is 11.0 Å². The number of phenols is 1. The Morgan fingerprint density at radius 2 is 2.06 bits per heavy atom. The second-order valence-corrected chi connectivity index (χ2v) is 4.48. The van der Waals surface area contributed by atoms with Gasteiger partial charge in [-0.15, -0.1) is 0 Å². The van der Waals surface area contributed by atoms with Gasteiger partial charge in [0.05, 0.1) is 11.0 Å². The topological polar surface area (TPSA) is 70.0 Å². The summed E-state index contributed by atoms with van der Waals surface area (Å²) < 4.78 is 1.77.